The largest absolute Gasteiger partial charge is 0.334 e. The van der Waals surface area contributed by atoms with Gasteiger partial charge in [0.2, 0.25) is 5.82 Å². The minimum absolute atomic E-state index is 0.539. The Balaban J connectivity index is 1.62. The second-order valence-corrected chi connectivity index (χ2v) is 7.11. The molecule has 0 bridgehead atoms. The van der Waals surface area contributed by atoms with Crippen LogP contribution < -0.4 is 0 Å². The summed E-state index contributed by atoms with van der Waals surface area (Å²) in [5.74, 6) is 1.13. The monoisotopic (exact) mass is 347 g/mol. The number of hydrogen-bond donors (Lipinski definition) is 0. The van der Waals surface area contributed by atoms with E-state index in [1.807, 2.05) is 37.3 Å². The van der Waals surface area contributed by atoms with Gasteiger partial charge in [0, 0.05) is 22.1 Å². The molecule has 4 aromatic rings. The Morgan fingerprint density at radius 3 is 2.20 bits per heavy atom. The van der Waals surface area contributed by atoms with Crippen molar-refractivity contribution in [3.63, 3.8) is 0 Å². The van der Waals surface area contributed by atoms with Crippen LogP contribution in [0.1, 0.15) is 16.1 Å². The predicted molar refractivity (Wildman–Crippen MR) is 100 cm³/mol. The number of benzene rings is 2. The molecule has 25 heavy (non-hydrogen) atoms. The Bertz CT molecular complexity index is 1030. The summed E-state index contributed by atoms with van der Waals surface area (Å²) in [6.45, 7) is 6.18. The summed E-state index contributed by atoms with van der Waals surface area (Å²) < 4.78 is 5.45. The van der Waals surface area contributed by atoms with Crippen LogP contribution in [-0.4, -0.2) is 15.1 Å². The Morgan fingerprint density at radius 2 is 1.52 bits per heavy atom. The van der Waals surface area contributed by atoms with Crippen LogP contribution in [0.3, 0.4) is 0 Å². The Morgan fingerprint density at radius 1 is 0.800 bits per heavy atom. The van der Waals surface area contributed by atoms with Gasteiger partial charge in [-0.05, 0) is 44.0 Å². The highest BCUT2D eigenvalue weighted by atomic mass is 32.1. The van der Waals surface area contributed by atoms with E-state index in [0.717, 1.165) is 27.4 Å². The van der Waals surface area contributed by atoms with Crippen molar-refractivity contribution >= 4 is 11.3 Å². The van der Waals surface area contributed by atoms with Crippen molar-refractivity contribution in [2.45, 2.75) is 20.8 Å². The van der Waals surface area contributed by atoms with Crippen molar-refractivity contribution in [1.82, 2.24) is 15.1 Å². The summed E-state index contributed by atoms with van der Waals surface area (Å²) in [7, 11) is 0. The second-order valence-electron chi connectivity index (χ2n) is 6.05. The molecule has 0 saturated carbocycles. The molecule has 2 aromatic heterocycles. The van der Waals surface area contributed by atoms with E-state index in [4.69, 9.17) is 4.52 Å². The molecule has 0 fully saturated rings. The standard InChI is InChI=1S/C20H17N3OS/c1-12-4-5-17(10-13(12)2)20-22-19(23-24-20)16-8-6-15(7-9-16)18-11-25-14(3)21-18/h4-11H,1-3H3. The van der Waals surface area contributed by atoms with E-state index in [1.165, 1.54) is 11.1 Å². The van der Waals surface area contributed by atoms with Crippen molar-refractivity contribution in [1.29, 1.82) is 0 Å². The smallest absolute Gasteiger partial charge is 0.258 e. The number of hydrogen-bond acceptors (Lipinski definition) is 5. The summed E-state index contributed by atoms with van der Waals surface area (Å²) in [6, 6.07) is 14.2. The minimum Gasteiger partial charge on any atom is -0.334 e. The maximum atomic E-state index is 5.45. The maximum Gasteiger partial charge on any atom is 0.258 e. The summed E-state index contributed by atoms with van der Waals surface area (Å²) in [5.41, 5.74) is 6.41. The van der Waals surface area contributed by atoms with Gasteiger partial charge in [0.15, 0.2) is 0 Å². The first-order valence-corrected chi connectivity index (χ1v) is 8.92. The summed E-state index contributed by atoms with van der Waals surface area (Å²) in [6.07, 6.45) is 0. The molecule has 4 nitrogen and oxygen atoms in total. The van der Waals surface area contributed by atoms with E-state index >= 15 is 0 Å². The van der Waals surface area contributed by atoms with Gasteiger partial charge >= 0.3 is 0 Å². The molecule has 4 rings (SSSR count). The molecule has 124 valence electrons. The van der Waals surface area contributed by atoms with Gasteiger partial charge in [0.25, 0.3) is 5.89 Å². The van der Waals surface area contributed by atoms with Crippen molar-refractivity contribution in [3.05, 3.63) is 64.0 Å². The van der Waals surface area contributed by atoms with Gasteiger partial charge in [-0.1, -0.05) is 35.5 Å². The van der Waals surface area contributed by atoms with Crippen molar-refractivity contribution in [3.8, 4) is 34.1 Å². The normalized spacial score (nSPS) is 11.0. The second kappa shape index (κ2) is 6.26. The van der Waals surface area contributed by atoms with E-state index in [1.54, 1.807) is 11.3 Å². The van der Waals surface area contributed by atoms with Gasteiger partial charge < -0.3 is 4.52 Å². The summed E-state index contributed by atoms with van der Waals surface area (Å²) >= 11 is 1.65. The zero-order chi connectivity index (χ0) is 17.4. The topological polar surface area (TPSA) is 51.8 Å². The highest BCUT2D eigenvalue weighted by molar-refractivity contribution is 7.09. The number of thiazole rings is 1. The zero-order valence-corrected chi connectivity index (χ0v) is 15.1. The highest BCUT2D eigenvalue weighted by Crippen LogP contribution is 2.27. The molecule has 0 aliphatic rings. The molecule has 2 aromatic carbocycles. The van der Waals surface area contributed by atoms with Gasteiger partial charge in [0.05, 0.1) is 10.7 Å². The average Bonchev–Trinajstić information content (AvgIpc) is 3.27. The van der Waals surface area contributed by atoms with Crippen LogP contribution in [0.25, 0.3) is 34.1 Å². The zero-order valence-electron chi connectivity index (χ0n) is 14.3. The fourth-order valence-electron chi connectivity index (χ4n) is 2.62. The van der Waals surface area contributed by atoms with Gasteiger partial charge in [0.1, 0.15) is 0 Å². The van der Waals surface area contributed by atoms with Crippen LogP contribution in [0.4, 0.5) is 0 Å². The molecule has 0 N–H and O–H groups in total. The highest BCUT2D eigenvalue weighted by Gasteiger charge is 2.12. The summed E-state index contributed by atoms with van der Waals surface area (Å²) in [4.78, 5) is 9.05. The van der Waals surface area contributed by atoms with Gasteiger partial charge in [-0.15, -0.1) is 11.3 Å². The Hall–Kier alpha value is -2.79. The van der Waals surface area contributed by atoms with Gasteiger partial charge in [-0.3, -0.25) is 0 Å². The minimum atomic E-state index is 0.539. The lowest BCUT2D eigenvalue weighted by Gasteiger charge is -2.00. The first-order valence-electron chi connectivity index (χ1n) is 8.04. The van der Waals surface area contributed by atoms with E-state index in [9.17, 15) is 0 Å². The van der Waals surface area contributed by atoms with E-state index in [2.05, 4.69) is 46.5 Å². The lowest BCUT2D eigenvalue weighted by Crippen LogP contribution is -1.85. The van der Waals surface area contributed by atoms with Crippen LogP contribution in [0, 0.1) is 20.8 Å². The quantitative estimate of drug-likeness (QED) is 0.494. The van der Waals surface area contributed by atoms with Crippen LogP contribution in [0.5, 0.6) is 0 Å². The van der Waals surface area contributed by atoms with Crippen molar-refractivity contribution < 1.29 is 4.52 Å². The SMILES string of the molecule is Cc1nc(-c2ccc(-c3noc(-c4ccc(C)c(C)c4)n3)cc2)cs1. The molecule has 5 heteroatoms. The molecule has 0 saturated heterocycles. The van der Waals surface area contributed by atoms with Crippen LogP contribution in [0.2, 0.25) is 0 Å². The molecule has 0 aliphatic carbocycles. The molecule has 0 radical (unpaired) electrons. The third-order valence-electron chi connectivity index (χ3n) is 4.24. The molecule has 0 atom stereocenters. The van der Waals surface area contributed by atoms with E-state index in [0.29, 0.717) is 11.7 Å². The first-order chi connectivity index (χ1) is 12.1. The summed E-state index contributed by atoms with van der Waals surface area (Å²) in [5, 5.41) is 7.25. The van der Waals surface area contributed by atoms with Crippen molar-refractivity contribution in [2.75, 3.05) is 0 Å². The van der Waals surface area contributed by atoms with Crippen LogP contribution in [-0.2, 0) is 0 Å². The number of aryl methyl sites for hydroxylation is 3. The fourth-order valence-corrected chi connectivity index (χ4v) is 3.24. The lowest BCUT2D eigenvalue weighted by molar-refractivity contribution is 0.432. The Labute approximate surface area is 150 Å². The number of aromatic nitrogens is 3. The molecule has 2 heterocycles. The maximum absolute atomic E-state index is 5.45. The fraction of sp³-hybridized carbons (Fsp3) is 0.150. The van der Waals surface area contributed by atoms with Gasteiger partial charge in [-0.25, -0.2) is 4.98 Å². The number of nitrogens with zero attached hydrogens (tertiary/aromatic N) is 3. The number of rotatable bonds is 3. The van der Waals surface area contributed by atoms with Crippen molar-refractivity contribution in [2.24, 2.45) is 0 Å². The third kappa shape index (κ3) is 3.10. The van der Waals surface area contributed by atoms with Crippen LogP contribution >= 0.6 is 11.3 Å². The first kappa shape index (κ1) is 15.7. The van der Waals surface area contributed by atoms with Crippen LogP contribution in [0.15, 0.2) is 52.4 Å². The third-order valence-corrected chi connectivity index (χ3v) is 5.01. The molecular weight excluding hydrogens is 330 g/mol. The van der Waals surface area contributed by atoms with Gasteiger partial charge in [-0.2, -0.15) is 4.98 Å². The van der Waals surface area contributed by atoms with E-state index in [-0.39, 0.29) is 0 Å². The molecule has 0 spiro atoms. The molecule has 0 unspecified atom stereocenters. The van der Waals surface area contributed by atoms with E-state index < -0.39 is 0 Å². The Kier molecular flexibility index (Phi) is 3.93. The lowest BCUT2D eigenvalue weighted by atomic mass is 10.1. The molecular formula is C20H17N3OS. The molecule has 0 aliphatic heterocycles. The predicted octanol–water partition coefficient (Wildman–Crippen LogP) is 5.45. The molecule has 0 amide bonds. The average molecular weight is 347 g/mol.